The van der Waals surface area contributed by atoms with E-state index in [0.717, 1.165) is 4.31 Å². The van der Waals surface area contributed by atoms with Gasteiger partial charge in [-0.25, -0.2) is 8.42 Å². The number of methoxy groups -OCH3 is 1. The smallest absolute Gasteiger partial charge is 0.264 e. The van der Waals surface area contributed by atoms with Crippen LogP contribution in [-0.2, 0) is 26.2 Å². The number of hydrogen-bond donors (Lipinski definition) is 1. The first kappa shape index (κ1) is 31.3. The van der Waals surface area contributed by atoms with Gasteiger partial charge in [-0.05, 0) is 73.0 Å². The van der Waals surface area contributed by atoms with Crippen LogP contribution in [0.3, 0.4) is 0 Å². The minimum absolute atomic E-state index is 0.0493. The van der Waals surface area contributed by atoms with Crippen molar-refractivity contribution in [3.8, 4) is 5.75 Å². The molecular formula is C29H33Cl2N3O5S. The molecule has 3 rings (SSSR count). The lowest BCUT2D eigenvalue weighted by Gasteiger charge is -2.32. The number of rotatable bonds is 12. The molecule has 0 unspecified atom stereocenters. The number of sulfonamides is 1. The molecular weight excluding hydrogens is 573 g/mol. The van der Waals surface area contributed by atoms with E-state index < -0.39 is 28.5 Å². The number of nitrogens with zero attached hydrogens (tertiary/aromatic N) is 2. The fourth-order valence-corrected chi connectivity index (χ4v) is 5.61. The Hall–Kier alpha value is -3.27. The summed E-state index contributed by atoms with van der Waals surface area (Å²) in [7, 11) is -2.68. The number of carbonyl (C=O) groups is 2. The monoisotopic (exact) mass is 605 g/mol. The van der Waals surface area contributed by atoms with Crippen molar-refractivity contribution in [2.75, 3.05) is 24.5 Å². The topological polar surface area (TPSA) is 96.0 Å². The second-order valence-electron chi connectivity index (χ2n) is 9.63. The first-order chi connectivity index (χ1) is 18.9. The third-order valence-electron chi connectivity index (χ3n) is 6.12. The van der Waals surface area contributed by atoms with Crippen molar-refractivity contribution >= 4 is 50.7 Å². The maximum absolute atomic E-state index is 13.9. The largest absolute Gasteiger partial charge is 0.497 e. The minimum atomic E-state index is -4.22. The molecule has 0 aliphatic heterocycles. The summed E-state index contributed by atoms with van der Waals surface area (Å²) in [5.41, 5.74) is 0.917. The van der Waals surface area contributed by atoms with Crippen LogP contribution in [0.25, 0.3) is 0 Å². The predicted molar refractivity (Wildman–Crippen MR) is 158 cm³/mol. The predicted octanol–water partition coefficient (Wildman–Crippen LogP) is 5.39. The van der Waals surface area contributed by atoms with Gasteiger partial charge in [-0.1, -0.05) is 55.2 Å². The summed E-state index contributed by atoms with van der Waals surface area (Å²) in [5, 5.41) is 3.53. The van der Waals surface area contributed by atoms with Crippen LogP contribution in [0, 0.1) is 5.92 Å². The Labute approximate surface area is 245 Å². The van der Waals surface area contributed by atoms with Crippen molar-refractivity contribution in [1.82, 2.24) is 10.2 Å². The molecule has 0 fully saturated rings. The number of benzene rings is 3. The molecule has 8 nitrogen and oxygen atoms in total. The lowest BCUT2D eigenvalue weighted by molar-refractivity contribution is -0.139. The molecule has 0 aliphatic carbocycles. The third-order valence-corrected chi connectivity index (χ3v) is 8.39. The number of anilines is 1. The molecule has 0 bridgehead atoms. The van der Waals surface area contributed by atoms with Crippen molar-refractivity contribution in [1.29, 1.82) is 0 Å². The van der Waals surface area contributed by atoms with Crippen LogP contribution in [0.15, 0.2) is 77.7 Å². The number of carbonyl (C=O) groups excluding carboxylic acids is 2. The van der Waals surface area contributed by atoms with Crippen molar-refractivity contribution < 1.29 is 22.7 Å². The van der Waals surface area contributed by atoms with E-state index >= 15 is 0 Å². The highest BCUT2D eigenvalue weighted by Gasteiger charge is 2.32. The van der Waals surface area contributed by atoms with Gasteiger partial charge in [0.15, 0.2) is 0 Å². The van der Waals surface area contributed by atoms with Crippen molar-refractivity contribution in [2.24, 2.45) is 5.92 Å². The molecule has 3 aromatic rings. The maximum Gasteiger partial charge on any atom is 0.264 e. The van der Waals surface area contributed by atoms with Crippen LogP contribution < -0.4 is 14.4 Å². The van der Waals surface area contributed by atoms with Crippen LogP contribution in [0.1, 0.15) is 26.3 Å². The van der Waals surface area contributed by atoms with Crippen molar-refractivity contribution in [3.63, 3.8) is 0 Å². The summed E-state index contributed by atoms with van der Waals surface area (Å²) < 4.78 is 33.9. The number of amides is 2. The third kappa shape index (κ3) is 8.13. The minimum Gasteiger partial charge on any atom is -0.497 e. The molecule has 0 saturated heterocycles. The van der Waals surface area contributed by atoms with Crippen molar-refractivity contribution in [3.05, 3.63) is 88.4 Å². The standard InChI is InChI=1S/C29H33Cl2N3O5S/c1-20(2)17-32-29(36)21(3)33(18-22-7-5-10-26(15-22)39-4)28(35)19-34(25-9-6-8-24(31)16-25)40(37,38)27-13-11-23(30)12-14-27/h5-16,20-21H,17-19H2,1-4H3,(H,32,36)/t21-/m1/s1. The normalized spacial score (nSPS) is 12.1. The van der Waals surface area contributed by atoms with Crippen LogP contribution in [0.4, 0.5) is 5.69 Å². The number of nitrogens with one attached hydrogen (secondary N) is 1. The Morgan fingerprint density at radius 2 is 1.60 bits per heavy atom. The molecule has 0 heterocycles. The van der Waals surface area contributed by atoms with E-state index in [2.05, 4.69) is 5.32 Å². The Kier molecular flexibility index (Phi) is 10.8. The first-order valence-corrected chi connectivity index (χ1v) is 14.9. The number of hydrogen-bond acceptors (Lipinski definition) is 5. The van der Waals surface area contributed by atoms with Gasteiger partial charge in [0, 0.05) is 23.1 Å². The zero-order valence-electron chi connectivity index (χ0n) is 22.8. The zero-order valence-corrected chi connectivity index (χ0v) is 25.1. The Morgan fingerprint density at radius 1 is 0.925 bits per heavy atom. The molecule has 40 heavy (non-hydrogen) atoms. The highest BCUT2D eigenvalue weighted by molar-refractivity contribution is 7.92. The van der Waals surface area contributed by atoms with Gasteiger partial charge in [0.1, 0.15) is 18.3 Å². The van der Waals surface area contributed by atoms with Gasteiger partial charge in [-0.3, -0.25) is 13.9 Å². The molecule has 3 aromatic carbocycles. The van der Waals surface area contributed by atoms with Gasteiger partial charge >= 0.3 is 0 Å². The number of halogens is 2. The average molecular weight is 607 g/mol. The summed E-state index contributed by atoms with van der Waals surface area (Å²) >= 11 is 12.2. The van der Waals surface area contributed by atoms with Gasteiger partial charge in [-0.15, -0.1) is 0 Å². The van der Waals surface area contributed by atoms with E-state index in [9.17, 15) is 18.0 Å². The van der Waals surface area contributed by atoms with E-state index in [0.29, 0.717) is 27.9 Å². The maximum atomic E-state index is 13.9. The Morgan fingerprint density at radius 3 is 2.23 bits per heavy atom. The van der Waals surface area contributed by atoms with Crippen molar-refractivity contribution in [2.45, 2.75) is 38.3 Å². The zero-order chi connectivity index (χ0) is 29.4. The molecule has 0 aromatic heterocycles. The van der Waals surface area contributed by atoms with Gasteiger partial charge in [0.2, 0.25) is 11.8 Å². The van der Waals surface area contributed by atoms with Crippen LogP contribution in [0.5, 0.6) is 5.75 Å². The molecule has 0 saturated carbocycles. The average Bonchev–Trinajstić information content (AvgIpc) is 2.93. The number of ether oxygens (including phenoxy) is 1. The summed E-state index contributed by atoms with van der Waals surface area (Å²) in [6.45, 7) is 5.46. The lowest BCUT2D eigenvalue weighted by atomic mass is 10.1. The second-order valence-corrected chi connectivity index (χ2v) is 12.4. The summed E-state index contributed by atoms with van der Waals surface area (Å²) in [5.74, 6) is -0.124. The molecule has 11 heteroatoms. The van der Waals surface area contributed by atoms with Gasteiger partial charge < -0.3 is 15.0 Å². The quantitative estimate of drug-likeness (QED) is 0.299. The molecule has 0 aliphatic rings. The molecule has 1 N–H and O–H groups in total. The van der Waals surface area contributed by atoms with E-state index in [1.807, 2.05) is 13.8 Å². The Bertz CT molecular complexity index is 1430. The second kappa shape index (κ2) is 13.9. The fourth-order valence-electron chi connectivity index (χ4n) is 3.90. The van der Waals surface area contributed by atoms with Crippen LogP contribution in [0.2, 0.25) is 10.0 Å². The molecule has 1 atom stereocenters. The van der Waals surface area contributed by atoms with Crippen LogP contribution in [-0.4, -0.2) is 51.4 Å². The summed E-state index contributed by atoms with van der Waals surface area (Å²) in [6, 6.07) is 18.1. The molecule has 214 valence electrons. The molecule has 0 spiro atoms. The van der Waals surface area contributed by atoms with Gasteiger partial charge in [0.25, 0.3) is 10.0 Å². The molecule has 2 amide bonds. The fraction of sp³-hybridized carbons (Fsp3) is 0.310. The first-order valence-electron chi connectivity index (χ1n) is 12.7. The SMILES string of the molecule is COc1cccc(CN(C(=O)CN(c2cccc(Cl)c2)S(=O)(=O)c2ccc(Cl)cc2)[C@H](C)C(=O)NCC(C)C)c1. The molecule has 0 radical (unpaired) electrons. The van der Waals surface area contributed by atoms with E-state index in [-0.39, 0.29) is 29.0 Å². The Balaban J connectivity index is 2.02. The van der Waals surface area contributed by atoms with Crippen LogP contribution >= 0.6 is 23.2 Å². The summed E-state index contributed by atoms with van der Waals surface area (Å²) in [4.78, 5) is 28.3. The highest BCUT2D eigenvalue weighted by Crippen LogP contribution is 2.27. The summed E-state index contributed by atoms with van der Waals surface area (Å²) in [6.07, 6.45) is 0. The van der Waals surface area contributed by atoms with Gasteiger partial charge in [0.05, 0.1) is 17.7 Å². The van der Waals surface area contributed by atoms with Gasteiger partial charge in [-0.2, -0.15) is 0 Å². The highest BCUT2D eigenvalue weighted by atomic mass is 35.5. The van der Waals surface area contributed by atoms with E-state index in [4.69, 9.17) is 27.9 Å². The van der Waals surface area contributed by atoms with E-state index in [1.165, 1.54) is 42.3 Å². The lowest BCUT2D eigenvalue weighted by Crippen LogP contribution is -2.51. The van der Waals surface area contributed by atoms with E-state index in [1.54, 1.807) is 49.4 Å².